The van der Waals surface area contributed by atoms with Crippen LogP contribution in [-0.2, 0) is 18.3 Å². The van der Waals surface area contributed by atoms with Gasteiger partial charge in [0.2, 0.25) is 5.91 Å². The molecule has 0 saturated carbocycles. The molecule has 0 unspecified atom stereocenters. The Kier molecular flexibility index (Phi) is 4.52. The van der Waals surface area contributed by atoms with Crippen molar-refractivity contribution in [3.63, 3.8) is 0 Å². The number of aromatic nitrogens is 1. The third-order valence-electron chi connectivity index (χ3n) is 4.32. The number of hydrogen-bond donors (Lipinski definition) is 1. The van der Waals surface area contributed by atoms with Crippen LogP contribution in [0.5, 0.6) is 0 Å². The minimum absolute atomic E-state index is 0.0199. The molecule has 1 heterocycles. The molecule has 2 aromatic carbocycles. The van der Waals surface area contributed by atoms with E-state index in [0.717, 1.165) is 28.5 Å². The minimum Gasteiger partial charge on any atom is -0.323 e. The molecule has 25 heavy (non-hydrogen) atoms. The lowest BCUT2D eigenvalue weighted by Crippen LogP contribution is -2.16. The highest BCUT2D eigenvalue weighted by molar-refractivity contribution is 6.01. The number of nitrogens with one attached hydrogen (secondary N) is 1. The Morgan fingerprint density at radius 2 is 1.88 bits per heavy atom. The molecule has 0 aliphatic rings. The molecule has 1 N–H and O–H groups in total. The van der Waals surface area contributed by atoms with Gasteiger partial charge in [-0.3, -0.25) is 9.59 Å². The predicted octanol–water partition coefficient (Wildman–Crippen LogP) is 3.89. The molecule has 126 valence electrons. The number of carbonyl (C=O) groups is 1. The van der Waals surface area contributed by atoms with E-state index in [1.165, 1.54) is 6.08 Å². The summed E-state index contributed by atoms with van der Waals surface area (Å²) in [6, 6.07) is 13.4. The molecule has 0 spiro atoms. The van der Waals surface area contributed by atoms with Crippen LogP contribution in [0.3, 0.4) is 0 Å². The summed E-state index contributed by atoms with van der Waals surface area (Å²) in [6.07, 6.45) is 3.95. The van der Waals surface area contributed by atoms with Crippen LogP contribution >= 0.6 is 0 Å². The fraction of sp³-hybridized carbons (Fsp3) is 0.143. The van der Waals surface area contributed by atoms with E-state index in [0.29, 0.717) is 11.1 Å². The van der Waals surface area contributed by atoms with Gasteiger partial charge in [0, 0.05) is 29.9 Å². The van der Waals surface area contributed by atoms with E-state index in [-0.39, 0.29) is 11.5 Å². The predicted molar refractivity (Wildman–Crippen MR) is 103 cm³/mol. The summed E-state index contributed by atoms with van der Waals surface area (Å²) < 4.78 is 1.60. The number of benzene rings is 2. The lowest BCUT2D eigenvalue weighted by atomic mass is 9.94. The molecule has 0 saturated heterocycles. The Hall–Kier alpha value is -3.14. The molecule has 0 bridgehead atoms. The largest absolute Gasteiger partial charge is 0.323 e. The maximum Gasteiger partial charge on any atom is 0.258 e. The second kappa shape index (κ2) is 6.77. The molecule has 0 aliphatic carbocycles. The summed E-state index contributed by atoms with van der Waals surface area (Å²) in [5.74, 6) is -0.250. The second-order valence-electron chi connectivity index (χ2n) is 5.92. The molecule has 4 nitrogen and oxygen atoms in total. The number of carbonyl (C=O) groups excluding carboxylic acids is 1. The van der Waals surface area contributed by atoms with Gasteiger partial charge in [0.25, 0.3) is 5.56 Å². The van der Waals surface area contributed by atoms with Gasteiger partial charge >= 0.3 is 0 Å². The summed E-state index contributed by atoms with van der Waals surface area (Å²) in [7, 11) is 1.76. The first-order valence-electron chi connectivity index (χ1n) is 8.20. The Balaban J connectivity index is 2.28. The van der Waals surface area contributed by atoms with Gasteiger partial charge in [-0.2, -0.15) is 0 Å². The van der Waals surface area contributed by atoms with Gasteiger partial charge in [0.15, 0.2) is 0 Å². The fourth-order valence-electron chi connectivity index (χ4n) is 3.04. The standard InChI is InChI=1S/C21H20N2O2/c1-4-14-10-11-15(22-20(24)5-2)12-18(14)19-13-23(3)21(25)17-9-7-6-8-16(17)19/h5-13H,2,4H2,1,3H3,(H,22,24). The summed E-state index contributed by atoms with van der Waals surface area (Å²) >= 11 is 0. The fourth-order valence-corrected chi connectivity index (χ4v) is 3.04. The van der Waals surface area contributed by atoms with Gasteiger partial charge in [-0.25, -0.2) is 0 Å². The molecule has 4 heteroatoms. The average molecular weight is 332 g/mol. The summed E-state index contributed by atoms with van der Waals surface area (Å²) in [6.45, 7) is 5.57. The third kappa shape index (κ3) is 3.11. The van der Waals surface area contributed by atoms with Crippen LogP contribution in [0.1, 0.15) is 12.5 Å². The van der Waals surface area contributed by atoms with Gasteiger partial charge in [0.1, 0.15) is 0 Å². The van der Waals surface area contributed by atoms with Crippen molar-refractivity contribution in [2.24, 2.45) is 7.05 Å². The Morgan fingerprint density at radius 3 is 2.56 bits per heavy atom. The van der Waals surface area contributed by atoms with Gasteiger partial charge in [-0.15, -0.1) is 0 Å². The van der Waals surface area contributed by atoms with Gasteiger partial charge in [-0.1, -0.05) is 37.8 Å². The molecule has 0 fully saturated rings. The van der Waals surface area contributed by atoms with Crippen LogP contribution in [0.4, 0.5) is 5.69 Å². The molecule has 3 rings (SSSR count). The first kappa shape index (κ1) is 16.7. The van der Waals surface area contributed by atoms with E-state index >= 15 is 0 Å². The summed E-state index contributed by atoms with van der Waals surface area (Å²) in [4.78, 5) is 24.0. The number of anilines is 1. The normalized spacial score (nSPS) is 10.6. The maximum atomic E-state index is 12.4. The van der Waals surface area contributed by atoms with Crippen LogP contribution in [-0.4, -0.2) is 10.5 Å². The SMILES string of the molecule is C=CC(=O)Nc1ccc(CC)c(-c2cn(C)c(=O)c3ccccc23)c1. The number of amides is 1. The quantitative estimate of drug-likeness (QED) is 0.737. The van der Waals surface area contributed by atoms with Crippen LogP contribution in [0.15, 0.2) is 66.1 Å². The second-order valence-corrected chi connectivity index (χ2v) is 5.92. The van der Waals surface area contributed by atoms with Gasteiger partial charge in [0.05, 0.1) is 0 Å². The molecule has 1 aromatic heterocycles. The molecule has 1 amide bonds. The first-order valence-corrected chi connectivity index (χ1v) is 8.20. The van der Waals surface area contributed by atoms with Crippen LogP contribution in [0, 0.1) is 0 Å². The molecule has 0 aliphatic heterocycles. The van der Waals surface area contributed by atoms with Crippen molar-refractivity contribution in [1.82, 2.24) is 4.57 Å². The summed E-state index contributed by atoms with van der Waals surface area (Å²) in [5.41, 5.74) is 3.82. The van der Waals surface area contributed by atoms with E-state index in [4.69, 9.17) is 0 Å². The minimum atomic E-state index is -0.250. The molecule has 0 atom stereocenters. The zero-order valence-electron chi connectivity index (χ0n) is 14.4. The highest BCUT2D eigenvalue weighted by Crippen LogP contribution is 2.32. The summed E-state index contributed by atoms with van der Waals surface area (Å²) in [5, 5.41) is 4.40. The molecule has 3 aromatic rings. The Bertz CT molecular complexity index is 1030. The maximum absolute atomic E-state index is 12.4. The zero-order chi connectivity index (χ0) is 18.0. The van der Waals surface area contributed by atoms with E-state index in [1.54, 1.807) is 11.6 Å². The first-order chi connectivity index (χ1) is 12.0. The Labute approximate surface area is 146 Å². The third-order valence-corrected chi connectivity index (χ3v) is 4.32. The smallest absolute Gasteiger partial charge is 0.258 e. The Morgan fingerprint density at radius 1 is 1.16 bits per heavy atom. The van der Waals surface area contributed by atoms with Crippen molar-refractivity contribution < 1.29 is 4.79 Å². The van der Waals surface area contributed by atoms with Gasteiger partial charge in [-0.05, 0) is 47.2 Å². The number of hydrogen-bond acceptors (Lipinski definition) is 2. The van der Waals surface area contributed by atoms with Crippen LogP contribution in [0.2, 0.25) is 0 Å². The average Bonchev–Trinajstić information content (AvgIpc) is 2.64. The van der Waals surface area contributed by atoms with Crippen molar-refractivity contribution in [3.05, 3.63) is 77.2 Å². The van der Waals surface area contributed by atoms with Crippen LogP contribution < -0.4 is 10.9 Å². The number of fused-ring (bicyclic) bond motifs is 1. The molecular formula is C21H20N2O2. The monoisotopic (exact) mass is 332 g/mol. The highest BCUT2D eigenvalue weighted by atomic mass is 16.1. The van der Waals surface area contributed by atoms with Crippen molar-refractivity contribution >= 4 is 22.4 Å². The number of pyridine rings is 1. The molecular weight excluding hydrogens is 312 g/mol. The van der Waals surface area contributed by atoms with E-state index < -0.39 is 0 Å². The van der Waals surface area contributed by atoms with Crippen LogP contribution in [0.25, 0.3) is 21.9 Å². The highest BCUT2D eigenvalue weighted by Gasteiger charge is 2.12. The number of rotatable bonds is 4. The van der Waals surface area contributed by atoms with Crippen molar-refractivity contribution in [3.8, 4) is 11.1 Å². The molecule has 0 radical (unpaired) electrons. The lowest BCUT2D eigenvalue weighted by Gasteiger charge is -2.15. The number of nitrogens with zero attached hydrogens (tertiary/aromatic N) is 1. The van der Waals surface area contributed by atoms with Crippen molar-refractivity contribution in [2.45, 2.75) is 13.3 Å². The topological polar surface area (TPSA) is 51.1 Å². The number of aryl methyl sites for hydroxylation is 2. The zero-order valence-corrected chi connectivity index (χ0v) is 14.4. The van der Waals surface area contributed by atoms with Crippen molar-refractivity contribution in [1.29, 1.82) is 0 Å². The lowest BCUT2D eigenvalue weighted by molar-refractivity contribution is -0.111. The van der Waals surface area contributed by atoms with E-state index in [2.05, 4.69) is 18.8 Å². The van der Waals surface area contributed by atoms with E-state index in [9.17, 15) is 9.59 Å². The van der Waals surface area contributed by atoms with Crippen molar-refractivity contribution in [2.75, 3.05) is 5.32 Å². The van der Waals surface area contributed by atoms with Gasteiger partial charge < -0.3 is 9.88 Å². The van der Waals surface area contributed by atoms with E-state index in [1.807, 2.05) is 48.7 Å².